The van der Waals surface area contributed by atoms with Gasteiger partial charge in [0.05, 0.1) is 18.0 Å². The van der Waals surface area contributed by atoms with Crippen molar-refractivity contribution in [1.82, 2.24) is 15.0 Å². The van der Waals surface area contributed by atoms with Gasteiger partial charge >= 0.3 is 0 Å². The van der Waals surface area contributed by atoms with Crippen LogP contribution in [0.5, 0.6) is 5.75 Å². The lowest BCUT2D eigenvalue weighted by Gasteiger charge is -2.12. The molecule has 0 atom stereocenters. The van der Waals surface area contributed by atoms with Gasteiger partial charge in [-0.2, -0.15) is 0 Å². The highest BCUT2D eigenvalue weighted by molar-refractivity contribution is 5.97. The first-order valence-electron chi connectivity index (χ1n) is 7.40. The zero-order valence-corrected chi connectivity index (χ0v) is 13.6. The van der Waals surface area contributed by atoms with Gasteiger partial charge < -0.3 is 10.1 Å². The molecule has 0 saturated heterocycles. The molecule has 8 nitrogen and oxygen atoms in total. The number of carbonyl (C=O) groups is 1. The largest absolute Gasteiger partial charge is 0.497 e. The van der Waals surface area contributed by atoms with Crippen molar-refractivity contribution < 1.29 is 14.7 Å². The number of carbonyl (C=O) groups excluding carboxylic acids is 1. The maximum Gasteiger partial charge on any atom is 0.274 e. The van der Waals surface area contributed by atoms with E-state index in [-0.39, 0.29) is 11.1 Å². The first kappa shape index (κ1) is 16.5. The summed E-state index contributed by atoms with van der Waals surface area (Å²) in [6.07, 6.45) is 0. The molecule has 0 saturated carbocycles. The molecule has 128 valence electrons. The van der Waals surface area contributed by atoms with Crippen molar-refractivity contribution in [3.05, 3.63) is 58.4 Å². The monoisotopic (exact) mass is 340 g/mol. The molecule has 3 rings (SSSR count). The maximum absolute atomic E-state index is 12.5. The number of methoxy groups -OCH3 is 1. The van der Waals surface area contributed by atoms with Crippen LogP contribution in [0.3, 0.4) is 0 Å². The average Bonchev–Trinajstić information content (AvgIpc) is 2.65. The molecule has 0 unspecified atom stereocenters. The van der Waals surface area contributed by atoms with Crippen LogP contribution in [0, 0.1) is 0 Å². The normalized spacial score (nSPS) is 10.5. The third-order valence-corrected chi connectivity index (χ3v) is 3.79. The number of benzene rings is 2. The second kappa shape index (κ2) is 6.62. The van der Waals surface area contributed by atoms with Crippen LogP contribution in [0.25, 0.3) is 10.9 Å². The van der Waals surface area contributed by atoms with Gasteiger partial charge in [-0.25, -0.2) is 10.5 Å². The minimum Gasteiger partial charge on any atom is -0.497 e. The Hall–Kier alpha value is -3.39. The van der Waals surface area contributed by atoms with Gasteiger partial charge in [0.1, 0.15) is 5.75 Å². The van der Waals surface area contributed by atoms with Gasteiger partial charge in [0.25, 0.3) is 11.5 Å². The van der Waals surface area contributed by atoms with E-state index in [2.05, 4.69) is 10.3 Å². The van der Waals surface area contributed by atoms with Crippen LogP contribution in [0.15, 0.2) is 47.3 Å². The second-order valence-corrected chi connectivity index (χ2v) is 5.33. The number of amides is 1. The lowest BCUT2D eigenvalue weighted by atomic mass is 10.1. The lowest BCUT2D eigenvalue weighted by molar-refractivity contribution is 0.0706. The summed E-state index contributed by atoms with van der Waals surface area (Å²) in [7, 11) is 3.19. The highest BCUT2D eigenvalue weighted by Gasteiger charge is 2.12. The minimum absolute atomic E-state index is 0.200. The summed E-state index contributed by atoms with van der Waals surface area (Å²) in [4.78, 5) is 28.5. The van der Waals surface area contributed by atoms with Crippen LogP contribution in [-0.2, 0) is 7.05 Å². The Morgan fingerprint density at radius 1 is 1.20 bits per heavy atom. The Balaban J connectivity index is 2.06. The number of hydroxylamine groups is 1. The number of anilines is 2. The van der Waals surface area contributed by atoms with Gasteiger partial charge in [-0.1, -0.05) is 0 Å². The number of nitrogens with one attached hydrogen (secondary N) is 2. The van der Waals surface area contributed by atoms with Gasteiger partial charge in [0.2, 0.25) is 5.95 Å². The molecule has 8 heteroatoms. The molecule has 0 fully saturated rings. The van der Waals surface area contributed by atoms with Crippen molar-refractivity contribution in [3.8, 4) is 5.75 Å². The fourth-order valence-corrected chi connectivity index (χ4v) is 2.39. The van der Waals surface area contributed by atoms with E-state index >= 15 is 0 Å². The summed E-state index contributed by atoms with van der Waals surface area (Å²) in [5, 5.41) is 12.2. The van der Waals surface area contributed by atoms with Crippen molar-refractivity contribution >= 4 is 28.4 Å². The topological polar surface area (TPSA) is 105 Å². The van der Waals surface area contributed by atoms with Crippen LogP contribution in [0.2, 0.25) is 0 Å². The standard InChI is InChI=1S/C17H16N4O4/c1-21-16(23)13-8-3-10(15(22)20-24)9-14(13)19-17(21)18-11-4-6-12(25-2)7-5-11/h3-9,24H,1-2H3,(H,18,19)(H,20,22). The molecule has 3 N–H and O–H groups in total. The molecule has 0 aliphatic carbocycles. The summed E-state index contributed by atoms with van der Waals surface area (Å²) in [6.45, 7) is 0. The number of hydrogen-bond donors (Lipinski definition) is 3. The molecule has 0 bridgehead atoms. The smallest absolute Gasteiger partial charge is 0.274 e. The van der Waals surface area contributed by atoms with Gasteiger partial charge in [-0.3, -0.25) is 19.4 Å². The molecule has 0 aliphatic heterocycles. The Labute approximate surface area is 142 Å². The van der Waals surface area contributed by atoms with Crippen LogP contribution in [0.4, 0.5) is 11.6 Å². The Bertz CT molecular complexity index is 996. The SMILES string of the molecule is COc1ccc(Nc2nc3cc(C(=O)NO)ccc3c(=O)n2C)cc1. The van der Waals surface area contributed by atoms with Gasteiger partial charge in [0, 0.05) is 18.3 Å². The lowest BCUT2D eigenvalue weighted by Crippen LogP contribution is -2.22. The minimum atomic E-state index is -0.672. The predicted molar refractivity (Wildman–Crippen MR) is 92.5 cm³/mol. The molecule has 1 amide bonds. The van der Waals surface area contributed by atoms with Gasteiger partial charge in [-0.15, -0.1) is 0 Å². The van der Waals surface area contributed by atoms with Crippen molar-refractivity contribution in [2.24, 2.45) is 7.05 Å². The zero-order valence-electron chi connectivity index (χ0n) is 13.6. The highest BCUT2D eigenvalue weighted by Crippen LogP contribution is 2.20. The van der Waals surface area contributed by atoms with Crippen molar-refractivity contribution in [3.63, 3.8) is 0 Å². The maximum atomic E-state index is 12.5. The molecule has 0 radical (unpaired) electrons. The van der Waals surface area contributed by atoms with Crippen LogP contribution in [0.1, 0.15) is 10.4 Å². The fourth-order valence-electron chi connectivity index (χ4n) is 2.39. The molecule has 2 aromatic carbocycles. The summed E-state index contributed by atoms with van der Waals surface area (Å²) in [6, 6.07) is 11.6. The summed E-state index contributed by atoms with van der Waals surface area (Å²) < 4.78 is 6.50. The van der Waals surface area contributed by atoms with Gasteiger partial charge in [-0.05, 0) is 42.5 Å². The Morgan fingerprint density at radius 3 is 2.56 bits per heavy atom. The van der Waals surface area contributed by atoms with Crippen LogP contribution < -0.4 is 21.1 Å². The molecule has 0 spiro atoms. The van der Waals surface area contributed by atoms with Crippen molar-refractivity contribution in [2.75, 3.05) is 12.4 Å². The van der Waals surface area contributed by atoms with E-state index in [0.717, 1.165) is 5.69 Å². The number of ether oxygens (including phenoxy) is 1. The Kier molecular flexibility index (Phi) is 4.36. The zero-order chi connectivity index (χ0) is 18.0. The fraction of sp³-hybridized carbons (Fsp3) is 0.118. The molecular formula is C17H16N4O4. The number of fused-ring (bicyclic) bond motifs is 1. The number of hydrogen-bond acceptors (Lipinski definition) is 6. The quantitative estimate of drug-likeness (QED) is 0.494. The summed E-state index contributed by atoms with van der Waals surface area (Å²) in [5.41, 5.74) is 2.58. The van der Waals surface area contributed by atoms with E-state index in [0.29, 0.717) is 22.6 Å². The predicted octanol–water partition coefficient (Wildman–Crippen LogP) is 1.80. The van der Waals surface area contributed by atoms with Crippen molar-refractivity contribution in [2.45, 2.75) is 0 Å². The molecule has 3 aromatic rings. The van der Waals surface area contributed by atoms with Crippen LogP contribution in [-0.4, -0.2) is 27.8 Å². The highest BCUT2D eigenvalue weighted by atomic mass is 16.5. The summed E-state index contributed by atoms with van der Waals surface area (Å²) in [5.74, 6) is 0.365. The van der Waals surface area contributed by atoms with Crippen molar-refractivity contribution in [1.29, 1.82) is 0 Å². The molecule has 0 aliphatic rings. The third kappa shape index (κ3) is 3.15. The van der Waals surface area contributed by atoms with E-state index in [9.17, 15) is 9.59 Å². The number of nitrogens with zero attached hydrogens (tertiary/aromatic N) is 2. The van der Waals surface area contributed by atoms with Crippen LogP contribution >= 0.6 is 0 Å². The molecule has 1 aromatic heterocycles. The summed E-state index contributed by atoms with van der Waals surface area (Å²) >= 11 is 0. The van der Waals surface area contributed by atoms with Gasteiger partial charge in [0.15, 0.2) is 0 Å². The first-order valence-corrected chi connectivity index (χ1v) is 7.40. The van der Waals surface area contributed by atoms with E-state index in [1.54, 1.807) is 43.9 Å². The number of rotatable bonds is 4. The molecule has 1 heterocycles. The Morgan fingerprint density at radius 2 is 1.92 bits per heavy atom. The van der Waals surface area contributed by atoms with E-state index in [4.69, 9.17) is 9.94 Å². The first-order chi connectivity index (χ1) is 12.0. The number of aromatic nitrogens is 2. The van der Waals surface area contributed by atoms with E-state index in [1.807, 2.05) is 0 Å². The third-order valence-electron chi connectivity index (χ3n) is 3.79. The molecule has 25 heavy (non-hydrogen) atoms. The average molecular weight is 340 g/mol. The second-order valence-electron chi connectivity index (χ2n) is 5.33. The van der Waals surface area contributed by atoms with E-state index < -0.39 is 5.91 Å². The molecular weight excluding hydrogens is 324 g/mol. The van der Waals surface area contributed by atoms with E-state index in [1.165, 1.54) is 22.8 Å².